The monoisotopic (exact) mass is 187 g/mol. The second kappa shape index (κ2) is 5.58. The van der Waals surface area contributed by atoms with Gasteiger partial charge in [0.25, 0.3) is 0 Å². The molecule has 1 saturated heterocycles. The number of hydrogen-bond donors (Lipinski definition) is 2. The maximum Gasteiger partial charge on any atom is 0.0591 e. The Bertz CT molecular complexity index is 133. The van der Waals surface area contributed by atoms with Crippen LogP contribution in [0.1, 0.15) is 33.1 Å². The third-order valence-corrected chi connectivity index (χ3v) is 2.36. The first kappa shape index (κ1) is 11.0. The number of ether oxygens (including phenoxy) is 1. The first-order valence-electron chi connectivity index (χ1n) is 5.21. The highest BCUT2D eigenvalue weighted by Crippen LogP contribution is 2.16. The molecule has 1 rings (SSSR count). The zero-order chi connectivity index (χ0) is 9.68. The van der Waals surface area contributed by atoms with E-state index >= 15 is 0 Å². The van der Waals surface area contributed by atoms with Crippen LogP contribution in [0, 0.1) is 0 Å². The molecule has 1 fully saturated rings. The molecule has 0 aromatic carbocycles. The minimum atomic E-state index is 0.197. The molecule has 2 unspecified atom stereocenters. The first-order chi connectivity index (χ1) is 6.22. The smallest absolute Gasteiger partial charge is 0.0591 e. The van der Waals surface area contributed by atoms with Gasteiger partial charge in [-0.3, -0.25) is 0 Å². The zero-order valence-corrected chi connectivity index (χ0v) is 8.62. The standard InChI is InChI=1S/C10H21NO2/c1-8(2)11-9(7-12)6-10-4-3-5-13-10/h8-12H,3-7H2,1-2H3. The molecule has 1 heterocycles. The predicted molar refractivity (Wildman–Crippen MR) is 52.7 cm³/mol. The highest BCUT2D eigenvalue weighted by Gasteiger charge is 2.20. The van der Waals surface area contributed by atoms with Crippen molar-refractivity contribution in [3.8, 4) is 0 Å². The van der Waals surface area contributed by atoms with Crippen LogP contribution in [0.15, 0.2) is 0 Å². The van der Waals surface area contributed by atoms with Crippen LogP contribution in [0.25, 0.3) is 0 Å². The Hall–Kier alpha value is -0.120. The number of aliphatic hydroxyl groups excluding tert-OH is 1. The quantitative estimate of drug-likeness (QED) is 0.672. The average Bonchev–Trinajstić information content (AvgIpc) is 2.55. The van der Waals surface area contributed by atoms with Crippen LogP contribution in [0.4, 0.5) is 0 Å². The predicted octanol–water partition coefficient (Wildman–Crippen LogP) is 0.914. The van der Waals surface area contributed by atoms with Gasteiger partial charge < -0.3 is 15.2 Å². The Morgan fingerprint density at radius 1 is 1.54 bits per heavy atom. The lowest BCUT2D eigenvalue weighted by atomic mass is 10.1. The Labute approximate surface area is 80.5 Å². The number of aliphatic hydroxyl groups is 1. The molecular formula is C10H21NO2. The van der Waals surface area contributed by atoms with Crippen LogP contribution in [0.2, 0.25) is 0 Å². The van der Waals surface area contributed by atoms with E-state index in [9.17, 15) is 0 Å². The third-order valence-electron chi connectivity index (χ3n) is 2.36. The second-order valence-corrected chi connectivity index (χ2v) is 4.07. The molecule has 13 heavy (non-hydrogen) atoms. The Kier molecular flexibility index (Phi) is 4.70. The van der Waals surface area contributed by atoms with Gasteiger partial charge in [0.15, 0.2) is 0 Å². The highest BCUT2D eigenvalue weighted by molar-refractivity contribution is 4.75. The molecule has 78 valence electrons. The number of hydrogen-bond acceptors (Lipinski definition) is 3. The molecule has 0 aliphatic carbocycles. The first-order valence-corrected chi connectivity index (χ1v) is 5.21. The average molecular weight is 187 g/mol. The highest BCUT2D eigenvalue weighted by atomic mass is 16.5. The third kappa shape index (κ3) is 4.07. The molecule has 0 saturated carbocycles. The Balaban J connectivity index is 2.21. The van der Waals surface area contributed by atoms with Gasteiger partial charge in [0, 0.05) is 18.7 Å². The van der Waals surface area contributed by atoms with Gasteiger partial charge in [-0.25, -0.2) is 0 Å². The van der Waals surface area contributed by atoms with Crippen molar-refractivity contribution in [2.45, 2.75) is 51.3 Å². The van der Waals surface area contributed by atoms with Crippen molar-refractivity contribution < 1.29 is 9.84 Å². The molecule has 1 aliphatic heterocycles. The van der Waals surface area contributed by atoms with Crippen LogP contribution >= 0.6 is 0 Å². The van der Waals surface area contributed by atoms with Gasteiger partial charge in [0.05, 0.1) is 12.7 Å². The molecule has 2 N–H and O–H groups in total. The fourth-order valence-electron chi connectivity index (χ4n) is 1.81. The van der Waals surface area contributed by atoms with Crippen molar-refractivity contribution in [1.29, 1.82) is 0 Å². The largest absolute Gasteiger partial charge is 0.395 e. The van der Waals surface area contributed by atoms with Crippen molar-refractivity contribution >= 4 is 0 Å². The molecule has 0 bridgehead atoms. The van der Waals surface area contributed by atoms with Gasteiger partial charge in [-0.2, -0.15) is 0 Å². The molecule has 2 atom stereocenters. The summed E-state index contributed by atoms with van der Waals surface area (Å²) < 4.78 is 5.52. The van der Waals surface area contributed by atoms with Gasteiger partial charge in [0.1, 0.15) is 0 Å². The van der Waals surface area contributed by atoms with Crippen molar-refractivity contribution in [2.75, 3.05) is 13.2 Å². The lowest BCUT2D eigenvalue weighted by Gasteiger charge is -2.21. The lowest BCUT2D eigenvalue weighted by Crippen LogP contribution is -2.39. The van der Waals surface area contributed by atoms with E-state index in [0.29, 0.717) is 12.1 Å². The summed E-state index contributed by atoms with van der Waals surface area (Å²) in [5.41, 5.74) is 0. The molecular weight excluding hydrogens is 166 g/mol. The van der Waals surface area contributed by atoms with Gasteiger partial charge >= 0.3 is 0 Å². The normalized spacial score (nSPS) is 25.4. The summed E-state index contributed by atoms with van der Waals surface area (Å²) >= 11 is 0. The van der Waals surface area contributed by atoms with E-state index < -0.39 is 0 Å². The van der Waals surface area contributed by atoms with E-state index in [1.807, 2.05) is 0 Å². The van der Waals surface area contributed by atoms with Crippen molar-refractivity contribution in [1.82, 2.24) is 5.32 Å². The van der Waals surface area contributed by atoms with E-state index in [4.69, 9.17) is 9.84 Å². The summed E-state index contributed by atoms with van der Waals surface area (Å²) in [4.78, 5) is 0. The second-order valence-electron chi connectivity index (χ2n) is 4.07. The summed E-state index contributed by atoms with van der Waals surface area (Å²) in [6.45, 7) is 5.29. The minimum Gasteiger partial charge on any atom is -0.395 e. The van der Waals surface area contributed by atoms with Crippen LogP contribution < -0.4 is 5.32 Å². The van der Waals surface area contributed by atoms with Crippen molar-refractivity contribution in [2.24, 2.45) is 0 Å². The molecule has 3 nitrogen and oxygen atoms in total. The summed E-state index contributed by atoms with van der Waals surface area (Å²) in [5.74, 6) is 0. The summed E-state index contributed by atoms with van der Waals surface area (Å²) in [6.07, 6.45) is 3.62. The van der Waals surface area contributed by atoms with Crippen LogP contribution in [0.3, 0.4) is 0 Å². The van der Waals surface area contributed by atoms with Gasteiger partial charge in [0.2, 0.25) is 0 Å². The summed E-state index contributed by atoms with van der Waals surface area (Å²) in [7, 11) is 0. The zero-order valence-electron chi connectivity index (χ0n) is 8.62. The Morgan fingerprint density at radius 2 is 2.31 bits per heavy atom. The van der Waals surface area contributed by atoms with Crippen molar-refractivity contribution in [3.05, 3.63) is 0 Å². The summed E-state index contributed by atoms with van der Waals surface area (Å²) in [6, 6.07) is 0.627. The molecule has 0 radical (unpaired) electrons. The Morgan fingerprint density at radius 3 is 2.77 bits per heavy atom. The molecule has 0 aromatic heterocycles. The van der Waals surface area contributed by atoms with E-state index in [1.165, 1.54) is 6.42 Å². The molecule has 0 spiro atoms. The molecule has 3 heteroatoms. The van der Waals surface area contributed by atoms with Crippen LogP contribution in [-0.2, 0) is 4.74 Å². The van der Waals surface area contributed by atoms with Gasteiger partial charge in [-0.15, -0.1) is 0 Å². The van der Waals surface area contributed by atoms with E-state index in [1.54, 1.807) is 0 Å². The van der Waals surface area contributed by atoms with Gasteiger partial charge in [-0.05, 0) is 19.3 Å². The maximum atomic E-state index is 9.12. The topological polar surface area (TPSA) is 41.5 Å². The SMILES string of the molecule is CC(C)NC(CO)CC1CCCO1. The van der Waals surface area contributed by atoms with Crippen molar-refractivity contribution in [3.63, 3.8) is 0 Å². The molecule has 0 aromatic rings. The minimum absolute atomic E-state index is 0.197. The van der Waals surface area contributed by atoms with Crippen LogP contribution in [0.5, 0.6) is 0 Å². The lowest BCUT2D eigenvalue weighted by molar-refractivity contribution is 0.0834. The van der Waals surface area contributed by atoms with E-state index in [-0.39, 0.29) is 12.6 Å². The van der Waals surface area contributed by atoms with Gasteiger partial charge in [-0.1, -0.05) is 13.8 Å². The van der Waals surface area contributed by atoms with E-state index in [2.05, 4.69) is 19.2 Å². The fraction of sp³-hybridized carbons (Fsp3) is 1.00. The number of nitrogens with one attached hydrogen (secondary N) is 1. The molecule has 0 amide bonds. The molecule has 1 aliphatic rings. The fourth-order valence-corrected chi connectivity index (χ4v) is 1.81. The maximum absolute atomic E-state index is 9.12. The summed E-state index contributed by atoms with van der Waals surface area (Å²) in [5, 5.41) is 12.4. The number of rotatable bonds is 5. The van der Waals surface area contributed by atoms with Crippen LogP contribution in [-0.4, -0.2) is 36.5 Å². The van der Waals surface area contributed by atoms with E-state index in [0.717, 1.165) is 19.4 Å².